The Hall–Kier alpha value is -1.58. The zero-order chi connectivity index (χ0) is 11.6. The highest BCUT2D eigenvalue weighted by molar-refractivity contribution is 6.10. The number of aryl methyl sites for hydroxylation is 1. The number of Topliss-reactive ketones (excluding diaryl/α,β-unsaturated/α-hetero) is 1. The number of hydrogen-bond acceptors (Lipinski definition) is 4. The molecule has 0 aliphatic heterocycles. The number of rotatable bonds is 3. The number of hydrogen-bond donors (Lipinski definition) is 0. The highest BCUT2D eigenvalue weighted by Gasteiger charge is 2.39. The topological polar surface area (TPSA) is 56.5 Å². The molecule has 1 aromatic rings. The Morgan fingerprint density at radius 3 is 2.33 bits per heavy atom. The van der Waals surface area contributed by atoms with E-state index in [9.17, 15) is 9.59 Å². The van der Waals surface area contributed by atoms with Crippen molar-refractivity contribution in [2.24, 2.45) is 5.41 Å². The molecule has 0 spiro atoms. The third kappa shape index (κ3) is 2.09. The molecule has 0 saturated carbocycles. The van der Waals surface area contributed by atoms with Crippen LogP contribution < -0.4 is 0 Å². The predicted octanol–water partition coefficient (Wildman–Crippen LogP) is 1.97. The molecule has 1 heterocycles. The van der Waals surface area contributed by atoms with Crippen LogP contribution in [-0.2, 0) is 9.53 Å². The van der Waals surface area contributed by atoms with E-state index in [1.165, 1.54) is 21.0 Å². The first-order valence-corrected chi connectivity index (χ1v) is 4.59. The molecule has 4 nitrogen and oxygen atoms in total. The van der Waals surface area contributed by atoms with Gasteiger partial charge >= 0.3 is 5.97 Å². The van der Waals surface area contributed by atoms with Crippen molar-refractivity contribution >= 4 is 11.8 Å². The van der Waals surface area contributed by atoms with Gasteiger partial charge in [0.05, 0.1) is 7.11 Å². The number of esters is 1. The summed E-state index contributed by atoms with van der Waals surface area (Å²) < 4.78 is 9.73. The Kier molecular flexibility index (Phi) is 2.98. The van der Waals surface area contributed by atoms with Gasteiger partial charge in [-0.2, -0.15) is 0 Å². The van der Waals surface area contributed by atoms with Crippen molar-refractivity contribution < 1.29 is 18.7 Å². The maximum atomic E-state index is 11.9. The second-order valence-corrected chi connectivity index (χ2v) is 3.86. The molecule has 0 unspecified atom stereocenters. The molecule has 0 fully saturated rings. The van der Waals surface area contributed by atoms with Crippen LogP contribution in [0.2, 0.25) is 0 Å². The molecule has 0 aromatic carbocycles. The third-order valence-corrected chi connectivity index (χ3v) is 2.23. The molecule has 82 valence electrons. The van der Waals surface area contributed by atoms with Gasteiger partial charge in [0.1, 0.15) is 11.2 Å². The fourth-order valence-corrected chi connectivity index (χ4v) is 1.21. The summed E-state index contributed by atoms with van der Waals surface area (Å²) in [7, 11) is 1.25. The highest BCUT2D eigenvalue weighted by Crippen LogP contribution is 2.24. The quantitative estimate of drug-likeness (QED) is 0.435. The SMILES string of the molecule is COC(=O)C(C)(C)C(=O)c1ccc(C)o1. The molecule has 1 aromatic heterocycles. The van der Waals surface area contributed by atoms with Crippen molar-refractivity contribution in [2.75, 3.05) is 7.11 Å². The van der Waals surface area contributed by atoms with Gasteiger partial charge in [-0.25, -0.2) is 0 Å². The summed E-state index contributed by atoms with van der Waals surface area (Å²) in [5, 5.41) is 0. The van der Waals surface area contributed by atoms with Crippen LogP contribution in [-0.4, -0.2) is 18.9 Å². The Balaban J connectivity index is 2.99. The first kappa shape index (κ1) is 11.5. The molecular weight excluding hydrogens is 196 g/mol. The average molecular weight is 210 g/mol. The van der Waals surface area contributed by atoms with E-state index in [1.807, 2.05) is 0 Å². The summed E-state index contributed by atoms with van der Waals surface area (Å²) in [6.07, 6.45) is 0. The van der Waals surface area contributed by atoms with Crippen LogP contribution in [0, 0.1) is 12.3 Å². The van der Waals surface area contributed by atoms with Crippen LogP contribution in [0.25, 0.3) is 0 Å². The van der Waals surface area contributed by atoms with E-state index in [0.29, 0.717) is 5.76 Å². The zero-order valence-corrected chi connectivity index (χ0v) is 9.29. The van der Waals surface area contributed by atoms with Crippen molar-refractivity contribution in [1.29, 1.82) is 0 Å². The highest BCUT2D eigenvalue weighted by atomic mass is 16.5. The van der Waals surface area contributed by atoms with Crippen molar-refractivity contribution in [3.8, 4) is 0 Å². The maximum Gasteiger partial charge on any atom is 0.319 e. The Morgan fingerprint density at radius 2 is 1.93 bits per heavy atom. The Bertz CT molecular complexity index is 387. The molecule has 0 saturated heterocycles. The molecule has 0 atom stereocenters. The van der Waals surface area contributed by atoms with E-state index in [2.05, 4.69) is 4.74 Å². The lowest BCUT2D eigenvalue weighted by atomic mass is 9.87. The second kappa shape index (κ2) is 3.88. The van der Waals surface area contributed by atoms with Gasteiger partial charge in [-0.05, 0) is 32.9 Å². The van der Waals surface area contributed by atoms with Crippen LogP contribution >= 0.6 is 0 Å². The molecule has 4 heteroatoms. The van der Waals surface area contributed by atoms with E-state index in [1.54, 1.807) is 19.1 Å². The number of carbonyl (C=O) groups is 2. The normalized spacial score (nSPS) is 11.2. The largest absolute Gasteiger partial charge is 0.468 e. The molecule has 1 rings (SSSR count). The fraction of sp³-hybridized carbons (Fsp3) is 0.455. The summed E-state index contributed by atoms with van der Waals surface area (Å²) >= 11 is 0. The molecule has 0 radical (unpaired) electrons. The lowest BCUT2D eigenvalue weighted by Crippen LogP contribution is -2.34. The van der Waals surface area contributed by atoms with Crippen molar-refractivity contribution in [1.82, 2.24) is 0 Å². The van der Waals surface area contributed by atoms with E-state index in [4.69, 9.17) is 4.42 Å². The molecule has 0 aliphatic carbocycles. The monoisotopic (exact) mass is 210 g/mol. The van der Waals surface area contributed by atoms with E-state index in [0.717, 1.165) is 0 Å². The van der Waals surface area contributed by atoms with Gasteiger partial charge in [0.15, 0.2) is 5.76 Å². The van der Waals surface area contributed by atoms with E-state index in [-0.39, 0.29) is 11.5 Å². The zero-order valence-electron chi connectivity index (χ0n) is 9.29. The number of methoxy groups -OCH3 is 1. The summed E-state index contributed by atoms with van der Waals surface area (Å²) in [4.78, 5) is 23.3. The van der Waals surface area contributed by atoms with Crippen LogP contribution in [0.15, 0.2) is 16.5 Å². The van der Waals surface area contributed by atoms with Crippen LogP contribution in [0.3, 0.4) is 0 Å². The number of carbonyl (C=O) groups excluding carboxylic acids is 2. The van der Waals surface area contributed by atoms with Gasteiger partial charge in [0, 0.05) is 0 Å². The Morgan fingerprint density at radius 1 is 1.33 bits per heavy atom. The molecule has 15 heavy (non-hydrogen) atoms. The predicted molar refractivity (Wildman–Crippen MR) is 53.6 cm³/mol. The molecule has 0 amide bonds. The van der Waals surface area contributed by atoms with Crippen molar-refractivity contribution in [3.05, 3.63) is 23.7 Å². The van der Waals surface area contributed by atoms with Crippen LogP contribution in [0.5, 0.6) is 0 Å². The van der Waals surface area contributed by atoms with Gasteiger partial charge < -0.3 is 9.15 Å². The average Bonchev–Trinajstić information content (AvgIpc) is 2.62. The van der Waals surface area contributed by atoms with E-state index >= 15 is 0 Å². The minimum absolute atomic E-state index is 0.183. The number of ether oxygens (including phenoxy) is 1. The van der Waals surface area contributed by atoms with Gasteiger partial charge in [-0.15, -0.1) is 0 Å². The first-order chi connectivity index (χ1) is 6.89. The van der Waals surface area contributed by atoms with Crippen LogP contribution in [0.1, 0.15) is 30.2 Å². The summed E-state index contributed by atoms with van der Waals surface area (Å²) in [5.41, 5.74) is -1.21. The van der Waals surface area contributed by atoms with E-state index < -0.39 is 11.4 Å². The number of ketones is 1. The summed E-state index contributed by atoms with van der Waals surface area (Å²) in [6.45, 7) is 4.76. The van der Waals surface area contributed by atoms with Crippen molar-refractivity contribution in [2.45, 2.75) is 20.8 Å². The van der Waals surface area contributed by atoms with Crippen LogP contribution in [0.4, 0.5) is 0 Å². The first-order valence-electron chi connectivity index (χ1n) is 4.59. The van der Waals surface area contributed by atoms with Gasteiger partial charge in [0.2, 0.25) is 5.78 Å². The van der Waals surface area contributed by atoms with Gasteiger partial charge in [-0.3, -0.25) is 9.59 Å². The lowest BCUT2D eigenvalue weighted by Gasteiger charge is -2.18. The Labute approximate surface area is 88.2 Å². The fourth-order valence-electron chi connectivity index (χ4n) is 1.21. The maximum absolute atomic E-state index is 11.9. The minimum atomic E-state index is -1.21. The minimum Gasteiger partial charge on any atom is -0.468 e. The lowest BCUT2D eigenvalue weighted by molar-refractivity contribution is -0.148. The second-order valence-electron chi connectivity index (χ2n) is 3.86. The molecule has 0 N–H and O–H groups in total. The molecule has 0 aliphatic rings. The van der Waals surface area contributed by atoms with Gasteiger partial charge in [-0.1, -0.05) is 0 Å². The number of furan rings is 1. The standard InChI is InChI=1S/C11H14O4/c1-7-5-6-8(15-7)9(12)11(2,3)10(13)14-4/h5-6H,1-4H3. The summed E-state index contributed by atoms with van der Waals surface area (Å²) in [6, 6.07) is 3.24. The smallest absolute Gasteiger partial charge is 0.319 e. The van der Waals surface area contributed by atoms with Gasteiger partial charge in [0.25, 0.3) is 0 Å². The van der Waals surface area contributed by atoms with Crippen molar-refractivity contribution in [3.63, 3.8) is 0 Å². The molecular formula is C11H14O4. The summed E-state index contributed by atoms with van der Waals surface area (Å²) in [5.74, 6) is -0.120. The third-order valence-electron chi connectivity index (χ3n) is 2.23. The molecule has 0 bridgehead atoms.